The van der Waals surface area contributed by atoms with Crippen molar-refractivity contribution in [1.29, 1.82) is 0 Å². The van der Waals surface area contributed by atoms with Gasteiger partial charge in [0.2, 0.25) is 0 Å². The Morgan fingerprint density at radius 2 is 2.26 bits per heavy atom. The number of hydrogen-bond acceptors (Lipinski definition) is 4. The summed E-state index contributed by atoms with van der Waals surface area (Å²) in [4.78, 5) is 13.4. The first kappa shape index (κ1) is 15.3. The molecule has 19 heavy (non-hydrogen) atoms. The number of fused-ring (bicyclic) bond motifs is 1. The standard InChI is InChI=1S/C14H24N2OS2/c1-8-12-10(6-14(8,2)3)19-5-4-9(13(12)17)16-11(18)7-15/h8-10,12H,4-7,15H2,1-3H3,(H,16,18). The van der Waals surface area contributed by atoms with Crippen LogP contribution in [-0.4, -0.2) is 34.4 Å². The van der Waals surface area contributed by atoms with Crippen LogP contribution in [0, 0.1) is 17.3 Å². The lowest BCUT2D eigenvalue weighted by Crippen LogP contribution is -2.46. The number of thiocarbonyl (C=S) groups is 1. The van der Waals surface area contributed by atoms with Gasteiger partial charge in [-0.1, -0.05) is 33.0 Å². The highest BCUT2D eigenvalue weighted by Gasteiger charge is 2.51. The number of hydrogen-bond donors (Lipinski definition) is 2. The third kappa shape index (κ3) is 2.98. The molecule has 2 aliphatic rings. The minimum absolute atomic E-state index is 0.130. The van der Waals surface area contributed by atoms with Crippen molar-refractivity contribution >= 4 is 34.8 Å². The van der Waals surface area contributed by atoms with Gasteiger partial charge in [0.1, 0.15) is 0 Å². The maximum Gasteiger partial charge on any atom is 0.159 e. The molecule has 1 heterocycles. The first-order valence-electron chi connectivity index (χ1n) is 7.01. The highest BCUT2D eigenvalue weighted by Crippen LogP contribution is 2.52. The van der Waals surface area contributed by atoms with Gasteiger partial charge in [0, 0.05) is 17.7 Å². The molecule has 2 rings (SSSR count). The van der Waals surface area contributed by atoms with Crippen molar-refractivity contribution in [2.45, 2.75) is 44.9 Å². The fourth-order valence-corrected chi connectivity index (χ4v) is 5.28. The summed E-state index contributed by atoms with van der Waals surface area (Å²) < 4.78 is 0. The molecule has 0 bridgehead atoms. The first-order chi connectivity index (χ1) is 8.86. The summed E-state index contributed by atoms with van der Waals surface area (Å²) in [6, 6.07) is -0.130. The first-order valence-corrected chi connectivity index (χ1v) is 8.47. The third-order valence-corrected chi connectivity index (χ3v) is 6.47. The summed E-state index contributed by atoms with van der Waals surface area (Å²) >= 11 is 7.10. The molecule has 0 radical (unpaired) electrons. The lowest BCUT2D eigenvalue weighted by atomic mass is 9.78. The number of ketones is 1. The van der Waals surface area contributed by atoms with Crippen LogP contribution < -0.4 is 11.1 Å². The fourth-order valence-electron chi connectivity index (χ4n) is 3.34. The summed E-state index contributed by atoms with van der Waals surface area (Å²) in [7, 11) is 0. The van der Waals surface area contributed by atoms with E-state index in [0.29, 0.717) is 28.5 Å². The maximum absolute atomic E-state index is 12.8. The van der Waals surface area contributed by atoms with Gasteiger partial charge in [-0.2, -0.15) is 11.8 Å². The predicted octanol–water partition coefficient (Wildman–Crippen LogP) is 1.99. The minimum Gasteiger partial charge on any atom is -0.369 e. The maximum atomic E-state index is 12.8. The van der Waals surface area contributed by atoms with Crippen LogP contribution in [0.5, 0.6) is 0 Å². The Hall–Kier alpha value is -0.130. The second kappa shape index (κ2) is 5.70. The van der Waals surface area contributed by atoms with E-state index in [1.165, 1.54) is 0 Å². The van der Waals surface area contributed by atoms with Crippen LogP contribution in [0.3, 0.4) is 0 Å². The number of nitrogens with two attached hydrogens (primary N) is 1. The highest BCUT2D eigenvalue weighted by molar-refractivity contribution is 7.99. The van der Waals surface area contributed by atoms with Gasteiger partial charge in [-0.05, 0) is 29.9 Å². The Bertz CT molecular complexity index is 384. The fraction of sp³-hybridized carbons (Fsp3) is 0.857. The molecule has 1 aliphatic heterocycles. The highest BCUT2D eigenvalue weighted by atomic mass is 32.2. The molecule has 0 aromatic rings. The van der Waals surface area contributed by atoms with Gasteiger partial charge in [-0.25, -0.2) is 0 Å². The van der Waals surface area contributed by atoms with Gasteiger partial charge in [0.15, 0.2) is 5.78 Å². The van der Waals surface area contributed by atoms with Crippen molar-refractivity contribution < 1.29 is 4.79 Å². The third-order valence-electron chi connectivity index (χ3n) is 4.83. The topological polar surface area (TPSA) is 55.1 Å². The second-order valence-electron chi connectivity index (χ2n) is 6.43. The SMILES string of the molecule is CC1C2C(=O)C(NC(=S)CN)CCSC2CC1(C)C. The molecule has 3 nitrogen and oxygen atoms in total. The van der Waals surface area contributed by atoms with Crippen molar-refractivity contribution in [3.8, 4) is 0 Å². The number of rotatable bonds is 2. The molecular formula is C14H24N2OS2. The van der Waals surface area contributed by atoms with Gasteiger partial charge in [0.25, 0.3) is 0 Å². The van der Waals surface area contributed by atoms with Crippen molar-refractivity contribution in [3.05, 3.63) is 0 Å². The van der Waals surface area contributed by atoms with Crippen molar-refractivity contribution in [3.63, 3.8) is 0 Å². The van der Waals surface area contributed by atoms with E-state index < -0.39 is 0 Å². The minimum atomic E-state index is -0.130. The van der Waals surface area contributed by atoms with Crippen LogP contribution in [0.4, 0.5) is 0 Å². The van der Waals surface area contributed by atoms with Gasteiger partial charge in [-0.3, -0.25) is 4.79 Å². The smallest absolute Gasteiger partial charge is 0.159 e. The molecule has 108 valence electrons. The van der Waals surface area contributed by atoms with E-state index >= 15 is 0 Å². The Balaban J connectivity index is 2.17. The van der Waals surface area contributed by atoms with E-state index in [-0.39, 0.29) is 17.4 Å². The Morgan fingerprint density at radius 1 is 1.58 bits per heavy atom. The molecule has 0 aromatic heterocycles. The quantitative estimate of drug-likeness (QED) is 0.764. The van der Waals surface area contributed by atoms with Crippen LogP contribution in [0.25, 0.3) is 0 Å². The number of nitrogens with one attached hydrogen (secondary N) is 1. The van der Waals surface area contributed by atoms with Crippen LogP contribution in [0.15, 0.2) is 0 Å². The van der Waals surface area contributed by atoms with Gasteiger partial charge >= 0.3 is 0 Å². The molecule has 1 saturated carbocycles. The zero-order valence-corrected chi connectivity index (χ0v) is 13.6. The molecule has 4 atom stereocenters. The average Bonchev–Trinajstić information content (AvgIpc) is 2.48. The van der Waals surface area contributed by atoms with Crippen LogP contribution in [-0.2, 0) is 4.79 Å². The Morgan fingerprint density at radius 3 is 2.89 bits per heavy atom. The van der Waals surface area contributed by atoms with Crippen molar-refractivity contribution in [1.82, 2.24) is 5.32 Å². The predicted molar refractivity (Wildman–Crippen MR) is 85.5 cm³/mol. The Kier molecular flexibility index (Phi) is 4.58. The average molecular weight is 300 g/mol. The number of thioether (sulfide) groups is 1. The van der Waals surface area contributed by atoms with E-state index in [1.807, 2.05) is 11.8 Å². The molecule has 0 aromatic carbocycles. The van der Waals surface area contributed by atoms with Gasteiger partial charge in [0.05, 0.1) is 11.0 Å². The molecule has 2 fully saturated rings. The monoisotopic (exact) mass is 300 g/mol. The molecule has 3 N–H and O–H groups in total. The lowest BCUT2D eigenvalue weighted by molar-refractivity contribution is -0.125. The zero-order valence-electron chi connectivity index (χ0n) is 11.9. The molecule has 1 aliphatic carbocycles. The van der Waals surface area contributed by atoms with Crippen LogP contribution in [0.2, 0.25) is 0 Å². The van der Waals surface area contributed by atoms with E-state index in [1.54, 1.807) is 0 Å². The normalized spacial score (nSPS) is 37.6. The van der Waals surface area contributed by atoms with E-state index in [2.05, 4.69) is 26.1 Å². The van der Waals surface area contributed by atoms with E-state index in [9.17, 15) is 4.79 Å². The summed E-state index contributed by atoms with van der Waals surface area (Å²) in [5.74, 6) is 1.98. The molecular weight excluding hydrogens is 276 g/mol. The summed E-state index contributed by atoms with van der Waals surface area (Å²) in [6.45, 7) is 7.12. The number of carbonyl (C=O) groups excluding carboxylic acids is 1. The van der Waals surface area contributed by atoms with Gasteiger partial charge < -0.3 is 11.1 Å². The van der Waals surface area contributed by atoms with Gasteiger partial charge in [-0.15, -0.1) is 0 Å². The van der Waals surface area contributed by atoms with E-state index in [0.717, 1.165) is 18.6 Å². The summed E-state index contributed by atoms with van der Waals surface area (Å²) in [6.07, 6.45) is 2.01. The summed E-state index contributed by atoms with van der Waals surface area (Å²) in [5.41, 5.74) is 5.79. The van der Waals surface area contributed by atoms with Crippen molar-refractivity contribution in [2.75, 3.05) is 12.3 Å². The van der Waals surface area contributed by atoms with Crippen molar-refractivity contribution in [2.24, 2.45) is 23.0 Å². The zero-order chi connectivity index (χ0) is 14.2. The molecule has 1 saturated heterocycles. The van der Waals surface area contributed by atoms with Crippen LogP contribution in [0.1, 0.15) is 33.6 Å². The molecule has 4 unspecified atom stereocenters. The molecule has 5 heteroatoms. The largest absolute Gasteiger partial charge is 0.369 e. The lowest BCUT2D eigenvalue weighted by Gasteiger charge is -2.28. The number of Topliss-reactive ketones (excluding diaryl/α,β-unsaturated/α-hetero) is 1. The summed E-state index contributed by atoms with van der Waals surface area (Å²) in [5, 5.41) is 3.64. The number of carbonyl (C=O) groups is 1. The van der Waals surface area contributed by atoms with E-state index in [4.69, 9.17) is 18.0 Å². The Labute approximate surface area is 125 Å². The van der Waals surface area contributed by atoms with Crippen LogP contribution >= 0.6 is 24.0 Å². The molecule has 0 spiro atoms. The second-order valence-corrected chi connectivity index (χ2v) is 8.27. The molecule has 0 amide bonds.